The van der Waals surface area contributed by atoms with Crippen molar-refractivity contribution in [2.75, 3.05) is 0 Å². The minimum atomic E-state index is 0.271. The van der Waals surface area contributed by atoms with Crippen LogP contribution >= 0.6 is 11.6 Å². The third-order valence-corrected chi connectivity index (χ3v) is 3.33. The van der Waals surface area contributed by atoms with Gasteiger partial charge < -0.3 is 9.09 Å². The molecule has 0 N–H and O–H groups in total. The van der Waals surface area contributed by atoms with E-state index in [1.54, 1.807) is 6.07 Å². The molecular weight excluding hydrogens is 276 g/mol. The molecule has 0 bridgehead atoms. The van der Waals surface area contributed by atoms with Gasteiger partial charge in [-0.1, -0.05) is 11.2 Å². The van der Waals surface area contributed by atoms with Crippen molar-refractivity contribution in [3.05, 3.63) is 47.1 Å². The highest BCUT2D eigenvalue weighted by atomic mass is 35.5. The minimum Gasteiger partial charge on any atom is -0.359 e. The summed E-state index contributed by atoms with van der Waals surface area (Å²) < 4.78 is 7.18. The van der Waals surface area contributed by atoms with Gasteiger partial charge in [0.1, 0.15) is 17.4 Å². The Morgan fingerprint density at radius 1 is 1.45 bits per heavy atom. The molecule has 0 atom stereocenters. The summed E-state index contributed by atoms with van der Waals surface area (Å²) in [4.78, 5) is 4.45. The lowest BCUT2D eigenvalue weighted by atomic mass is 10.2. The SMILES string of the molecule is Cc1cc(Cn2c(CCl)nc3c(C#N)cccc32)on1. The van der Waals surface area contributed by atoms with Gasteiger partial charge in [-0.2, -0.15) is 5.26 Å². The highest BCUT2D eigenvalue weighted by molar-refractivity contribution is 6.16. The molecule has 20 heavy (non-hydrogen) atoms. The van der Waals surface area contributed by atoms with Crippen molar-refractivity contribution in [2.24, 2.45) is 0 Å². The Morgan fingerprint density at radius 3 is 2.95 bits per heavy atom. The molecule has 2 heterocycles. The van der Waals surface area contributed by atoms with E-state index in [0.29, 0.717) is 23.4 Å². The fraction of sp³-hybridized carbons (Fsp3) is 0.214. The Morgan fingerprint density at radius 2 is 2.30 bits per heavy atom. The van der Waals surface area contributed by atoms with Gasteiger partial charge in [-0.25, -0.2) is 4.98 Å². The molecule has 0 radical (unpaired) electrons. The van der Waals surface area contributed by atoms with Crippen LogP contribution in [-0.4, -0.2) is 14.7 Å². The lowest BCUT2D eigenvalue weighted by Crippen LogP contribution is -2.02. The van der Waals surface area contributed by atoms with Crippen LogP contribution in [0.15, 0.2) is 28.8 Å². The van der Waals surface area contributed by atoms with Crippen LogP contribution < -0.4 is 0 Å². The van der Waals surface area contributed by atoms with Gasteiger partial charge in [0.15, 0.2) is 5.76 Å². The molecular formula is C14H11ClN4O. The Bertz CT molecular complexity index is 812. The number of imidazole rings is 1. The van der Waals surface area contributed by atoms with Gasteiger partial charge in [0.2, 0.25) is 0 Å². The number of alkyl halides is 1. The molecule has 0 saturated carbocycles. The maximum Gasteiger partial charge on any atom is 0.156 e. The number of rotatable bonds is 3. The number of nitriles is 1. The number of aromatic nitrogens is 3. The normalized spacial score (nSPS) is 10.8. The third kappa shape index (κ3) is 2.04. The lowest BCUT2D eigenvalue weighted by molar-refractivity contribution is 0.373. The summed E-state index contributed by atoms with van der Waals surface area (Å²) in [7, 11) is 0. The number of benzene rings is 1. The van der Waals surface area contributed by atoms with Crippen molar-refractivity contribution in [3.8, 4) is 6.07 Å². The van der Waals surface area contributed by atoms with Crippen molar-refractivity contribution in [1.82, 2.24) is 14.7 Å². The second kappa shape index (κ2) is 4.99. The smallest absolute Gasteiger partial charge is 0.156 e. The first kappa shape index (κ1) is 12.7. The summed E-state index contributed by atoms with van der Waals surface area (Å²) in [5, 5.41) is 13.0. The first-order chi connectivity index (χ1) is 9.72. The molecule has 100 valence electrons. The van der Waals surface area contributed by atoms with Crippen molar-refractivity contribution in [2.45, 2.75) is 19.3 Å². The second-order valence-electron chi connectivity index (χ2n) is 4.47. The van der Waals surface area contributed by atoms with E-state index in [1.807, 2.05) is 29.7 Å². The number of hydrogen-bond donors (Lipinski definition) is 0. The number of hydrogen-bond acceptors (Lipinski definition) is 4. The molecule has 0 unspecified atom stereocenters. The van der Waals surface area contributed by atoms with Crippen LogP contribution in [0.3, 0.4) is 0 Å². The maximum absolute atomic E-state index is 9.14. The molecule has 3 aromatic rings. The van der Waals surface area contributed by atoms with Gasteiger partial charge in [0, 0.05) is 6.07 Å². The fourth-order valence-electron chi connectivity index (χ4n) is 2.21. The summed E-state index contributed by atoms with van der Waals surface area (Å²) in [5.74, 6) is 1.71. The standard InChI is InChI=1S/C14H11ClN4O/c1-9-5-11(20-18-9)8-19-12-4-2-3-10(7-16)14(12)17-13(19)6-15/h2-5H,6,8H2,1H3. The summed E-state index contributed by atoms with van der Waals surface area (Å²) in [6, 6.07) is 9.52. The largest absolute Gasteiger partial charge is 0.359 e. The zero-order valence-electron chi connectivity index (χ0n) is 10.8. The molecule has 0 aliphatic rings. The molecule has 0 spiro atoms. The van der Waals surface area contributed by atoms with E-state index in [-0.39, 0.29) is 5.88 Å². The Hall–Kier alpha value is -2.32. The molecule has 1 aromatic carbocycles. The van der Waals surface area contributed by atoms with Crippen molar-refractivity contribution < 1.29 is 4.52 Å². The van der Waals surface area contributed by atoms with E-state index in [9.17, 15) is 0 Å². The van der Waals surface area contributed by atoms with Crippen LogP contribution in [-0.2, 0) is 12.4 Å². The molecule has 3 rings (SSSR count). The summed E-state index contributed by atoms with van der Waals surface area (Å²) in [6.07, 6.45) is 0. The average Bonchev–Trinajstić information content (AvgIpc) is 3.03. The Kier molecular flexibility index (Phi) is 3.17. The van der Waals surface area contributed by atoms with Crippen molar-refractivity contribution in [3.63, 3.8) is 0 Å². The van der Waals surface area contributed by atoms with Gasteiger partial charge in [0.25, 0.3) is 0 Å². The summed E-state index contributed by atoms with van der Waals surface area (Å²) in [5.41, 5.74) is 2.91. The third-order valence-electron chi connectivity index (χ3n) is 3.09. The van der Waals surface area contributed by atoms with Gasteiger partial charge in [-0.3, -0.25) is 0 Å². The van der Waals surface area contributed by atoms with E-state index in [2.05, 4.69) is 16.2 Å². The van der Waals surface area contributed by atoms with Crippen LogP contribution in [0.5, 0.6) is 0 Å². The molecule has 6 heteroatoms. The quantitative estimate of drug-likeness (QED) is 0.694. The van der Waals surface area contributed by atoms with E-state index in [1.165, 1.54) is 0 Å². The minimum absolute atomic E-state index is 0.271. The second-order valence-corrected chi connectivity index (χ2v) is 4.73. The van der Waals surface area contributed by atoms with E-state index >= 15 is 0 Å². The Labute approximate surface area is 120 Å². The Balaban J connectivity index is 2.16. The predicted octanol–water partition coefficient (Wildman–Crippen LogP) is 2.99. The highest BCUT2D eigenvalue weighted by Crippen LogP contribution is 2.22. The van der Waals surface area contributed by atoms with Gasteiger partial charge in [0.05, 0.1) is 29.2 Å². The van der Waals surface area contributed by atoms with Crippen LogP contribution in [0.4, 0.5) is 0 Å². The van der Waals surface area contributed by atoms with Gasteiger partial charge >= 0.3 is 0 Å². The average molecular weight is 287 g/mol. The van der Waals surface area contributed by atoms with E-state index < -0.39 is 0 Å². The molecule has 0 fully saturated rings. The summed E-state index contributed by atoms with van der Waals surface area (Å²) in [6.45, 7) is 2.36. The van der Waals surface area contributed by atoms with Crippen molar-refractivity contribution >= 4 is 22.6 Å². The van der Waals surface area contributed by atoms with E-state index in [0.717, 1.165) is 17.0 Å². The molecule has 0 saturated heterocycles. The lowest BCUT2D eigenvalue weighted by Gasteiger charge is -2.04. The van der Waals surface area contributed by atoms with Crippen LogP contribution in [0.1, 0.15) is 22.8 Å². The number of fused-ring (bicyclic) bond motifs is 1. The molecule has 0 aliphatic heterocycles. The van der Waals surface area contributed by atoms with Crippen molar-refractivity contribution in [1.29, 1.82) is 5.26 Å². The number of aryl methyl sites for hydroxylation is 1. The predicted molar refractivity (Wildman–Crippen MR) is 74.3 cm³/mol. The fourth-order valence-corrected chi connectivity index (χ4v) is 2.41. The first-order valence-electron chi connectivity index (χ1n) is 6.09. The zero-order valence-corrected chi connectivity index (χ0v) is 11.6. The van der Waals surface area contributed by atoms with Crippen LogP contribution in [0.2, 0.25) is 0 Å². The highest BCUT2D eigenvalue weighted by Gasteiger charge is 2.14. The first-order valence-corrected chi connectivity index (χ1v) is 6.62. The van der Waals surface area contributed by atoms with Gasteiger partial charge in [-0.05, 0) is 19.1 Å². The summed E-state index contributed by atoms with van der Waals surface area (Å²) >= 11 is 5.96. The van der Waals surface area contributed by atoms with Gasteiger partial charge in [-0.15, -0.1) is 11.6 Å². The molecule has 0 amide bonds. The maximum atomic E-state index is 9.14. The monoisotopic (exact) mass is 286 g/mol. The molecule has 2 aromatic heterocycles. The molecule has 0 aliphatic carbocycles. The van der Waals surface area contributed by atoms with E-state index in [4.69, 9.17) is 21.4 Å². The number of halogens is 1. The molecule has 5 nitrogen and oxygen atoms in total. The topological polar surface area (TPSA) is 67.6 Å². The number of nitrogens with zero attached hydrogens (tertiary/aromatic N) is 4. The van der Waals surface area contributed by atoms with Crippen LogP contribution in [0, 0.1) is 18.3 Å². The number of para-hydroxylation sites is 1. The van der Waals surface area contributed by atoms with Crippen LogP contribution in [0.25, 0.3) is 11.0 Å². The zero-order chi connectivity index (χ0) is 14.1.